The van der Waals surface area contributed by atoms with Crippen molar-refractivity contribution < 1.29 is 0 Å². The molecule has 234 valence electrons. The predicted octanol–water partition coefficient (Wildman–Crippen LogP) is 12.9. The van der Waals surface area contributed by atoms with Gasteiger partial charge in [-0.05, 0) is 58.7 Å². The number of para-hydroxylation sites is 4. The van der Waals surface area contributed by atoms with Crippen LogP contribution in [0, 0.1) is 0 Å². The number of aromatic nitrogens is 2. The van der Waals surface area contributed by atoms with Crippen molar-refractivity contribution in [3.8, 4) is 44.8 Å². The smallest absolute Gasteiger partial charge is 0.0547 e. The average Bonchev–Trinajstić information content (AvgIpc) is 3.71. The maximum absolute atomic E-state index is 2.48. The van der Waals surface area contributed by atoms with Crippen LogP contribution in [0.2, 0.25) is 0 Å². The van der Waals surface area contributed by atoms with E-state index in [1.54, 1.807) is 0 Å². The summed E-state index contributed by atoms with van der Waals surface area (Å²) in [4.78, 5) is 0. The third kappa shape index (κ3) is 4.36. The van der Waals surface area contributed by atoms with E-state index in [9.17, 15) is 0 Å². The Morgan fingerprint density at radius 3 is 1.46 bits per heavy atom. The van der Waals surface area contributed by atoms with Crippen LogP contribution < -0.4 is 0 Å². The summed E-state index contributed by atoms with van der Waals surface area (Å²) in [5, 5.41) is 5.01. The molecule has 2 nitrogen and oxygen atoms in total. The van der Waals surface area contributed by atoms with E-state index in [1.807, 2.05) is 0 Å². The van der Waals surface area contributed by atoms with Crippen molar-refractivity contribution >= 4 is 43.6 Å². The summed E-state index contributed by atoms with van der Waals surface area (Å²) in [7, 11) is 0. The highest BCUT2D eigenvalue weighted by atomic mass is 15.0. The van der Waals surface area contributed by atoms with Gasteiger partial charge in [-0.25, -0.2) is 0 Å². The Hall–Kier alpha value is -6.64. The van der Waals surface area contributed by atoms with Gasteiger partial charge in [0, 0.05) is 32.7 Å². The van der Waals surface area contributed by atoms with Gasteiger partial charge in [0.25, 0.3) is 0 Å². The fourth-order valence-electron chi connectivity index (χ4n) is 7.97. The normalized spacial score (nSPS) is 11.6. The van der Waals surface area contributed by atoms with E-state index in [0.717, 1.165) is 5.69 Å². The number of benzene rings is 8. The average molecular weight is 637 g/mol. The van der Waals surface area contributed by atoms with Crippen molar-refractivity contribution in [2.75, 3.05) is 0 Å². The van der Waals surface area contributed by atoms with Crippen molar-refractivity contribution in [1.29, 1.82) is 0 Å². The summed E-state index contributed by atoms with van der Waals surface area (Å²) in [6.45, 7) is 0. The molecule has 2 aromatic heterocycles. The Bertz CT molecular complexity index is 2800. The molecule has 0 saturated carbocycles. The molecular weight excluding hydrogens is 605 g/mol. The van der Waals surface area contributed by atoms with Crippen LogP contribution in [-0.4, -0.2) is 9.13 Å². The van der Waals surface area contributed by atoms with Gasteiger partial charge in [0.05, 0.1) is 33.4 Å². The SMILES string of the molecule is c1ccc(-c2ccc(-c3ccccc3)c(-n3c4ccccc4c4c(-c5ccccc5-n5c6ccccc6c6ccccc65)cccc43)c2)cc1. The quantitative estimate of drug-likeness (QED) is 0.178. The summed E-state index contributed by atoms with van der Waals surface area (Å²) in [5.74, 6) is 0. The Balaban J connectivity index is 1.29. The second-order valence-electron chi connectivity index (χ2n) is 12.9. The predicted molar refractivity (Wildman–Crippen MR) is 211 cm³/mol. The van der Waals surface area contributed by atoms with Crippen LogP contribution in [0.15, 0.2) is 194 Å². The molecule has 8 aromatic carbocycles. The maximum atomic E-state index is 2.48. The van der Waals surface area contributed by atoms with E-state index >= 15 is 0 Å². The summed E-state index contributed by atoms with van der Waals surface area (Å²) >= 11 is 0. The van der Waals surface area contributed by atoms with Crippen LogP contribution in [0.5, 0.6) is 0 Å². The van der Waals surface area contributed by atoms with E-state index < -0.39 is 0 Å². The van der Waals surface area contributed by atoms with Crippen molar-refractivity contribution in [2.45, 2.75) is 0 Å². The lowest BCUT2D eigenvalue weighted by molar-refractivity contribution is 1.18. The first-order valence-electron chi connectivity index (χ1n) is 17.2. The standard InChI is InChI=1S/C48H32N2/c1-3-16-33(17-4-1)35-30-31-36(34-18-5-2-6-19-34)47(32-35)50-45-28-14-10-23-41(45)48-40(24-15-29-46(48)50)39-22-9-13-27-44(39)49-42-25-11-7-20-37(42)38-21-8-12-26-43(38)49/h1-32H. The van der Waals surface area contributed by atoms with E-state index in [0.29, 0.717) is 0 Å². The van der Waals surface area contributed by atoms with Crippen LogP contribution in [0.4, 0.5) is 0 Å². The number of nitrogens with zero attached hydrogens (tertiary/aromatic N) is 2. The molecule has 0 amide bonds. The molecule has 0 radical (unpaired) electrons. The molecule has 2 heteroatoms. The Kier molecular flexibility index (Phi) is 6.53. The van der Waals surface area contributed by atoms with Crippen LogP contribution in [0.3, 0.4) is 0 Å². The van der Waals surface area contributed by atoms with Crippen LogP contribution >= 0.6 is 0 Å². The van der Waals surface area contributed by atoms with Crippen molar-refractivity contribution in [1.82, 2.24) is 9.13 Å². The van der Waals surface area contributed by atoms with E-state index in [4.69, 9.17) is 0 Å². The summed E-state index contributed by atoms with van der Waals surface area (Å²) in [6.07, 6.45) is 0. The number of hydrogen-bond acceptors (Lipinski definition) is 0. The van der Waals surface area contributed by atoms with Crippen LogP contribution in [-0.2, 0) is 0 Å². The fourth-order valence-corrected chi connectivity index (χ4v) is 7.97. The molecule has 0 fully saturated rings. The monoisotopic (exact) mass is 636 g/mol. The van der Waals surface area contributed by atoms with Gasteiger partial charge in [-0.1, -0.05) is 158 Å². The first-order chi connectivity index (χ1) is 24.8. The van der Waals surface area contributed by atoms with Gasteiger partial charge in [0.15, 0.2) is 0 Å². The largest absolute Gasteiger partial charge is 0.309 e. The lowest BCUT2D eigenvalue weighted by Gasteiger charge is -2.17. The highest BCUT2D eigenvalue weighted by molar-refractivity contribution is 6.17. The molecule has 0 atom stereocenters. The zero-order valence-corrected chi connectivity index (χ0v) is 27.4. The van der Waals surface area contributed by atoms with Gasteiger partial charge in [0.1, 0.15) is 0 Å². The molecule has 0 N–H and O–H groups in total. The molecule has 0 spiro atoms. The Morgan fingerprint density at radius 2 is 0.760 bits per heavy atom. The van der Waals surface area contributed by atoms with Gasteiger partial charge < -0.3 is 9.13 Å². The molecule has 10 aromatic rings. The molecule has 0 aliphatic carbocycles. The van der Waals surface area contributed by atoms with Gasteiger partial charge >= 0.3 is 0 Å². The minimum absolute atomic E-state index is 1.16. The molecule has 10 rings (SSSR count). The third-order valence-corrected chi connectivity index (χ3v) is 10.1. The Morgan fingerprint density at radius 1 is 0.260 bits per heavy atom. The van der Waals surface area contributed by atoms with Gasteiger partial charge in [-0.15, -0.1) is 0 Å². The van der Waals surface area contributed by atoms with Gasteiger partial charge in [-0.3, -0.25) is 0 Å². The van der Waals surface area contributed by atoms with E-state index in [-0.39, 0.29) is 0 Å². The molecule has 0 aliphatic rings. The van der Waals surface area contributed by atoms with E-state index in [1.165, 1.54) is 82.7 Å². The Labute approximate surface area is 290 Å². The molecule has 50 heavy (non-hydrogen) atoms. The molecule has 2 heterocycles. The van der Waals surface area contributed by atoms with Gasteiger partial charge in [-0.2, -0.15) is 0 Å². The number of rotatable bonds is 5. The molecular formula is C48H32N2. The summed E-state index contributed by atoms with van der Waals surface area (Å²) in [5.41, 5.74) is 14.3. The third-order valence-electron chi connectivity index (χ3n) is 10.1. The molecule has 0 bridgehead atoms. The lowest BCUT2D eigenvalue weighted by atomic mass is 9.97. The zero-order chi connectivity index (χ0) is 33.0. The first-order valence-corrected chi connectivity index (χ1v) is 17.2. The number of fused-ring (bicyclic) bond motifs is 6. The van der Waals surface area contributed by atoms with Crippen LogP contribution in [0.25, 0.3) is 88.4 Å². The topological polar surface area (TPSA) is 9.86 Å². The number of hydrogen-bond donors (Lipinski definition) is 0. The first kappa shape index (κ1) is 28.4. The second-order valence-corrected chi connectivity index (χ2v) is 12.9. The fraction of sp³-hybridized carbons (Fsp3) is 0. The van der Waals surface area contributed by atoms with Crippen molar-refractivity contribution in [3.63, 3.8) is 0 Å². The molecule has 0 aliphatic heterocycles. The van der Waals surface area contributed by atoms with Crippen LogP contribution in [0.1, 0.15) is 0 Å². The van der Waals surface area contributed by atoms with Crippen molar-refractivity contribution in [3.05, 3.63) is 194 Å². The highest BCUT2D eigenvalue weighted by Gasteiger charge is 2.21. The molecule has 0 unspecified atom stereocenters. The van der Waals surface area contributed by atoms with Crippen molar-refractivity contribution in [2.24, 2.45) is 0 Å². The maximum Gasteiger partial charge on any atom is 0.0547 e. The second kappa shape index (κ2) is 11.5. The summed E-state index contributed by atoms with van der Waals surface area (Å²) < 4.78 is 4.92. The minimum Gasteiger partial charge on any atom is -0.309 e. The lowest BCUT2D eigenvalue weighted by Crippen LogP contribution is -1.99. The molecule has 0 saturated heterocycles. The highest BCUT2D eigenvalue weighted by Crippen LogP contribution is 2.44. The minimum atomic E-state index is 1.16. The van der Waals surface area contributed by atoms with Gasteiger partial charge in [0.2, 0.25) is 0 Å². The summed E-state index contributed by atoms with van der Waals surface area (Å²) in [6, 6.07) is 70.4. The van der Waals surface area contributed by atoms with E-state index in [2.05, 4.69) is 203 Å². The zero-order valence-electron chi connectivity index (χ0n) is 27.4.